The Labute approximate surface area is 119 Å². The molecule has 0 saturated carbocycles. The second-order valence-electron chi connectivity index (χ2n) is 5.13. The van der Waals surface area contributed by atoms with Crippen LogP contribution in [-0.4, -0.2) is 43.8 Å². The number of benzene rings is 1. The van der Waals surface area contributed by atoms with Crippen LogP contribution in [0.15, 0.2) is 24.3 Å². The van der Waals surface area contributed by atoms with E-state index in [1.165, 1.54) is 12.7 Å². The number of nitrogens with zero attached hydrogens (tertiary/aromatic N) is 1. The summed E-state index contributed by atoms with van der Waals surface area (Å²) in [4.78, 5) is 13.3. The lowest BCUT2D eigenvalue weighted by Gasteiger charge is -2.19. The number of hydrogen-bond acceptors (Lipinski definition) is 4. The Morgan fingerprint density at radius 1 is 1.35 bits per heavy atom. The van der Waals surface area contributed by atoms with E-state index in [1.54, 1.807) is 12.0 Å². The van der Waals surface area contributed by atoms with Gasteiger partial charge < -0.3 is 19.7 Å². The van der Waals surface area contributed by atoms with Crippen molar-refractivity contribution in [2.75, 3.05) is 20.8 Å². The van der Waals surface area contributed by atoms with Crippen molar-refractivity contribution in [3.8, 4) is 5.75 Å². The standard InChI is InChI=1S/C15H22N2O3/c1-11-8-13(10-17(11)15(18)20-3)16-9-12-4-6-14(19-2)7-5-12/h4-7,11,13,16H,8-10H2,1-3H3. The number of nitrogens with one attached hydrogen (secondary N) is 1. The summed E-state index contributed by atoms with van der Waals surface area (Å²) < 4.78 is 9.92. The van der Waals surface area contributed by atoms with Crippen LogP contribution in [0, 0.1) is 0 Å². The molecule has 1 aromatic rings. The van der Waals surface area contributed by atoms with Crippen LogP contribution in [0.5, 0.6) is 5.75 Å². The molecule has 0 spiro atoms. The summed E-state index contributed by atoms with van der Waals surface area (Å²) in [6.45, 7) is 3.53. The predicted molar refractivity (Wildman–Crippen MR) is 76.8 cm³/mol. The number of ether oxygens (including phenoxy) is 2. The monoisotopic (exact) mass is 278 g/mol. The maximum atomic E-state index is 11.6. The van der Waals surface area contributed by atoms with Gasteiger partial charge in [-0.15, -0.1) is 0 Å². The molecule has 5 nitrogen and oxygen atoms in total. The Hall–Kier alpha value is -1.75. The minimum absolute atomic E-state index is 0.218. The molecule has 2 atom stereocenters. The van der Waals surface area contributed by atoms with E-state index >= 15 is 0 Å². The van der Waals surface area contributed by atoms with Crippen LogP contribution in [0.4, 0.5) is 4.79 Å². The first-order valence-electron chi connectivity index (χ1n) is 6.85. The molecule has 1 heterocycles. The molecule has 110 valence electrons. The van der Waals surface area contributed by atoms with Gasteiger partial charge in [0.15, 0.2) is 0 Å². The maximum absolute atomic E-state index is 11.6. The molecule has 0 radical (unpaired) electrons. The van der Waals surface area contributed by atoms with E-state index in [9.17, 15) is 4.79 Å². The fraction of sp³-hybridized carbons (Fsp3) is 0.533. The third-order valence-corrected chi connectivity index (χ3v) is 3.74. The van der Waals surface area contributed by atoms with Crippen LogP contribution in [0.3, 0.4) is 0 Å². The first kappa shape index (κ1) is 14.7. The SMILES string of the molecule is COC(=O)N1CC(NCc2ccc(OC)cc2)CC1C. The second kappa shape index (κ2) is 6.61. The van der Waals surface area contributed by atoms with E-state index in [0.29, 0.717) is 12.6 Å². The number of hydrogen-bond donors (Lipinski definition) is 1. The molecule has 0 aromatic heterocycles. The van der Waals surface area contributed by atoms with Gasteiger partial charge in [-0.25, -0.2) is 4.79 Å². The highest BCUT2D eigenvalue weighted by atomic mass is 16.5. The lowest BCUT2D eigenvalue weighted by atomic mass is 10.1. The molecular weight excluding hydrogens is 256 g/mol. The van der Waals surface area contributed by atoms with Crippen molar-refractivity contribution < 1.29 is 14.3 Å². The van der Waals surface area contributed by atoms with E-state index in [1.807, 2.05) is 31.2 Å². The smallest absolute Gasteiger partial charge is 0.409 e. The molecule has 1 saturated heterocycles. The van der Waals surface area contributed by atoms with Gasteiger partial charge >= 0.3 is 6.09 Å². The van der Waals surface area contributed by atoms with E-state index in [4.69, 9.17) is 9.47 Å². The highest BCUT2D eigenvalue weighted by molar-refractivity contribution is 5.68. The molecule has 5 heteroatoms. The summed E-state index contributed by atoms with van der Waals surface area (Å²) >= 11 is 0. The molecule has 1 aliphatic rings. The van der Waals surface area contributed by atoms with Crippen molar-refractivity contribution in [2.24, 2.45) is 0 Å². The van der Waals surface area contributed by atoms with Crippen molar-refractivity contribution in [1.29, 1.82) is 0 Å². The maximum Gasteiger partial charge on any atom is 0.409 e. The van der Waals surface area contributed by atoms with Crippen LogP contribution in [-0.2, 0) is 11.3 Å². The first-order chi connectivity index (χ1) is 9.63. The summed E-state index contributed by atoms with van der Waals surface area (Å²) in [6.07, 6.45) is 0.705. The molecule has 1 amide bonds. The largest absolute Gasteiger partial charge is 0.497 e. The minimum atomic E-state index is -0.244. The summed E-state index contributed by atoms with van der Waals surface area (Å²) in [5.74, 6) is 0.861. The summed E-state index contributed by atoms with van der Waals surface area (Å²) in [5.41, 5.74) is 1.20. The molecule has 20 heavy (non-hydrogen) atoms. The zero-order valence-corrected chi connectivity index (χ0v) is 12.3. The number of likely N-dealkylation sites (tertiary alicyclic amines) is 1. The Bertz CT molecular complexity index is 447. The van der Waals surface area contributed by atoms with Crippen LogP contribution in [0.25, 0.3) is 0 Å². The minimum Gasteiger partial charge on any atom is -0.497 e. The van der Waals surface area contributed by atoms with Crippen molar-refractivity contribution in [1.82, 2.24) is 10.2 Å². The summed E-state index contributed by atoms with van der Waals surface area (Å²) in [7, 11) is 3.09. The van der Waals surface area contributed by atoms with Gasteiger partial charge in [0.05, 0.1) is 14.2 Å². The number of amides is 1. The zero-order chi connectivity index (χ0) is 14.5. The van der Waals surface area contributed by atoms with Crippen molar-refractivity contribution >= 4 is 6.09 Å². The third kappa shape index (κ3) is 3.42. The average molecular weight is 278 g/mol. The molecule has 0 aliphatic carbocycles. The summed E-state index contributed by atoms with van der Waals surface area (Å²) in [6, 6.07) is 8.52. The summed E-state index contributed by atoms with van der Waals surface area (Å²) in [5, 5.41) is 3.48. The van der Waals surface area contributed by atoms with Gasteiger partial charge in [-0.2, -0.15) is 0 Å². The Balaban J connectivity index is 1.84. The van der Waals surface area contributed by atoms with Gasteiger partial charge in [0.25, 0.3) is 0 Å². The van der Waals surface area contributed by atoms with Crippen LogP contribution < -0.4 is 10.1 Å². The normalized spacial score (nSPS) is 21.9. The van der Waals surface area contributed by atoms with Gasteiger partial charge in [0.2, 0.25) is 0 Å². The Kier molecular flexibility index (Phi) is 4.84. The molecule has 1 aliphatic heterocycles. The Morgan fingerprint density at radius 2 is 2.05 bits per heavy atom. The first-order valence-corrected chi connectivity index (χ1v) is 6.85. The van der Waals surface area contributed by atoms with Crippen LogP contribution >= 0.6 is 0 Å². The van der Waals surface area contributed by atoms with Gasteiger partial charge in [-0.05, 0) is 31.0 Å². The highest BCUT2D eigenvalue weighted by Gasteiger charge is 2.32. The molecule has 2 unspecified atom stereocenters. The van der Waals surface area contributed by atoms with Crippen molar-refractivity contribution in [3.05, 3.63) is 29.8 Å². The molecule has 0 bridgehead atoms. The van der Waals surface area contributed by atoms with E-state index < -0.39 is 0 Å². The molecule has 1 fully saturated rings. The predicted octanol–water partition coefficient (Wildman–Crippen LogP) is 2.01. The van der Waals surface area contributed by atoms with Gasteiger partial charge in [-0.3, -0.25) is 0 Å². The average Bonchev–Trinajstić information content (AvgIpc) is 2.86. The highest BCUT2D eigenvalue weighted by Crippen LogP contribution is 2.19. The van der Waals surface area contributed by atoms with Crippen molar-refractivity contribution in [3.63, 3.8) is 0 Å². The fourth-order valence-corrected chi connectivity index (χ4v) is 2.56. The molecular formula is C15H22N2O3. The van der Waals surface area contributed by atoms with Gasteiger partial charge in [-0.1, -0.05) is 12.1 Å². The topological polar surface area (TPSA) is 50.8 Å². The van der Waals surface area contributed by atoms with Crippen LogP contribution in [0.2, 0.25) is 0 Å². The number of carbonyl (C=O) groups is 1. The van der Waals surface area contributed by atoms with E-state index in [2.05, 4.69) is 5.32 Å². The number of rotatable bonds is 4. The van der Waals surface area contributed by atoms with E-state index in [0.717, 1.165) is 18.7 Å². The molecule has 1 N–H and O–H groups in total. The second-order valence-corrected chi connectivity index (χ2v) is 5.13. The zero-order valence-electron chi connectivity index (χ0n) is 12.3. The lowest BCUT2D eigenvalue weighted by Crippen LogP contribution is -2.36. The quantitative estimate of drug-likeness (QED) is 0.915. The van der Waals surface area contributed by atoms with Gasteiger partial charge in [0, 0.05) is 25.2 Å². The third-order valence-electron chi connectivity index (χ3n) is 3.74. The van der Waals surface area contributed by atoms with E-state index in [-0.39, 0.29) is 12.1 Å². The Morgan fingerprint density at radius 3 is 2.65 bits per heavy atom. The lowest BCUT2D eigenvalue weighted by molar-refractivity contribution is 0.121. The fourth-order valence-electron chi connectivity index (χ4n) is 2.56. The molecule has 1 aromatic carbocycles. The van der Waals surface area contributed by atoms with Crippen molar-refractivity contribution in [2.45, 2.75) is 32.0 Å². The van der Waals surface area contributed by atoms with Crippen LogP contribution in [0.1, 0.15) is 18.9 Å². The van der Waals surface area contributed by atoms with Gasteiger partial charge in [0.1, 0.15) is 5.75 Å². The molecule has 2 rings (SSSR count). The number of methoxy groups -OCH3 is 2. The number of carbonyl (C=O) groups excluding carboxylic acids is 1.